The summed E-state index contributed by atoms with van der Waals surface area (Å²) in [7, 11) is 2.97. The van der Waals surface area contributed by atoms with Gasteiger partial charge in [0.2, 0.25) is 0 Å². The average Bonchev–Trinajstić information content (AvgIpc) is 2.36. The van der Waals surface area contributed by atoms with Crippen molar-refractivity contribution in [3.63, 3.8) is 0 Å². The number of carboxylic acids is 1. The van der Waals surface area contributed by atoms with Crippen LogP contribution in [0.25, 0.3) is 0 Å². The fourth-order valence-electron chi connectivity index (χ4n) is 0.370. The number of ether oxygens (including phenoxy) is 1. The molecule has 0 heterocycles. The summed E-state index contributed by atoms with van der Waals surface area (Å²) >= 11 is 0. The van der Waals surface area contributed by atoms with Crippen LogP contribution < -0.4 is 5.73 Å². The molecule has 0 saturated heterocycles. The molecule has 18 heavy (non-hydrogen) atoms. The van der Waals surface area contributed by atoms with Crippen molar-refractivity contribution in [3.05, 3.63) is 24.8 Å². The van der Waals surface area contributed by atoms with Crippen LogP contribution in [-0.4, -0.2) is 37.5 Å². The average molecular weight is 258 g/mol. The number of allylic oxidation sites excluding steroid dienone is 2. The molecule has 104 valence electrons. The van der Waals surface area contributed by atoms with E-state index in [1.807, 2.05) is 6.92 Å². The zero-order valence-electron chi connectivity index (χ0n) is 11.2. The largest absolute Gasteiger partial charge is 0.481 e. The molecule has 6 nitrogen and oxygen atoms in total. The van der Waals surface area contributed by atoms with E-state index in [1.54, 1.807) is 19.3 Å². The van der Waals surface area contributed by atoms with Crippen LogP contribution in [0, 0.1) is 0 Å². The molecule has 0 unspecified atom stereocenters. The Morgan fingerprint density at radius 2 is 1.83 bits per heavy atom. The Morgan fingerprint density at radius 1 is 1.44 bits per heavy atom. The quantitative estimate of drug-likeness (QED) is 0.594. The highest BCUT2D eigenvalue weighted by molar-refractivity contribution is 5.67. The van der Waals surface area contributed by atoms with Crippen LogP contribution in [0.4, 0.5) is 4.79 Å². The van der Waals surface area contributed by atoms with Crippen molar-refractivity contribution in [1.29, 1.82) is 0 Å². The molecule has 0 radical (unpaired) electrons. The molecule has 1 amide bonds. The van der Waals surface area contributed by atoms with Crippen LogP contribution in [0.1, 0.15) is 19.8 Å². The van der Waals surface area contributed by atoms with E-state index in [-0.39, 0.29) is 6.42 Å². The van der Waals surface area contributed by atoms with Gasteiger partial charge in [-0.05, 0) is 19.6 Å². The Labute approximate surface area is 108 Å². The summed E-state index contributed by atoms with van der Waals surface area (Å²) < 4.78 is 3.89. The van der Waals surface area contributed by atoms with Crippen molar-refractivity contribution >= 4 is 18.3 Å². The van der Waals surface area contributed by atoms with E-state index < -0.39 is 12.1 Å². The van der Waals surface area contributed by atoms with E-state index >= 15 is 0 Å². The van der Waals surface area contributed by atoms with Gasteiger partial charge in [0.15, 0.2) is 0 Å². The van der Waals surface area contributed by atoms with Gasteiger partial charge in [0.25, 0.3) is 0 Å². The number of hydrogen-bond donors (Lipinski definition) is 2. The van der Waals surface area contributed by atoms with Gasteiger partial charge in [-0.1, -0.05) is 24.8 Å². The number of nitrogens with two attached hydrogens (primary N) is 1. The van der Waals surface area contributed by atoms with Gasteiger partial charge in [-0.2, -0.15) is 0 Å². The molecule has 0 aliphatic carbocycles. The Kier molecular flexibility index (Phi) is 20.4. The minimum Gasteiger partial charge on any atom is -0.481 e. The molecule has 0 atom stereocenters. The molecule has 0 aromatic rings. The molecule has 0 bridgehead atoms. The lowest BCUT2D eigenvalue weighted by atomic mass is 10.2. The first-order valence-electron chi connectivity index (χ1n) is 5.07. The molecular weight excluding hydrogens is 236 g/mol. The summed E-state index contributed by atoms with van der Waals surface area (Å²) in [4.78, 5) is 22.9. The monoisotopic (exact) mass is 258 g/mol. The first-order valence-corrected chi connectivity index (χ1v) is 5.07. The molecule has 0 saturated carbocycles. The first-order chi connectivity index (χ1) is 8.35. The van der Waals surface area contributed by atoms with Crippen LogP contribution in [-0.2, 0) is 9.53 Å². The number of carboxylic acid groups (broad SMARTS) is 1. The van der Waals surface area contributed by atoms with Crippen LogP contribution in [0.15, 0.2) is 29.8 Å². The van der Waals surface area contributed by atoms with E-state index in [4.69, 9.17) is 5.11 Å². The maximum atomic E-state index is 9.94. The number of primary amides is 1. The van der Waals surface area contributed by atoms with Crippen LogP contribution in [0.3, 0.4) is 0 Å². The second kappa shape index (κ2) is 17.3. The fraction of sp³-hybridized carbons (Fsp3) is 0.417. The van der Waals surface area contributed by atoms with Crippen molar-refractivity contribution in [2.45, 2.75) is 19.8 Å². The number of rotatable bonds is 4. The molecule has 0 aromatic carbocycles. The van der Waals surface area contributed by atoms with Gasteiger partial charge in [0.05, 0.1) is 7.11 Å². The number of methoxy groups -OCH3 is 1. The maximum Gasteiger partial charge on any atom is 0.404 e. The fourth-order valence-corrected chi connectivity index (χ4v) is 0.370. The van der Waals surface area contributed by atoms with Crippen molar-refractivity contribution < 1.29 is 19.4 Å². The molecule has 6 heteroatoms. The number of nitrogens with zero attached hydrogens (tertiary/aromatic N) is 1. The van der Waals surface area contributed by atoms with Gasteiger partial charge < -0.3 is 20.6 Å². The smallest absolute Gasteiger partial charge is 0.404 e. The normalized spacial score (nSPS) is 8.17. The third-order valence-electron chi connectivity index (χ3n) is 1.41. The van der Waals surface area contributed by atoms with Gasteiger partial charge in [-0.15, -0.1) is 0 Å². The van der Waals surface area contributed by atoms with E-state index in [0.29, 0.717) is 6.42 Å². The minimum absolute atomic E-state index is 0.144. The van der Waals surface area contributed by atoms with E-state index in [0.717, 1.165) is 5.57 Å². The number of hydrogen-bond acceptors (Lipinski definition) is 4. The second-order valence-electron chi connectivity index (χ2n) is 2.80. The lowest BCUT2D eigenvalue weighted by Crippen LogP contribution is -2.08. The van der Waals surface area contributed by atoms with Gasteiger partial charge in [-0.25, -0.2) is 4.79 Å². The highest BCUT2D eigenvalue weighted by atomic mass is 16.5. The predicted molar refractivity (Wildman–Crippen MR) is 72.9 cm³/mol. The molecule has 0 fully saturated rings. The second-order valence-corrected chi connectivity index (χ2v) is 2.80. The Balaban J connectivity index is -0.000000212. The number of aliphatic imine (C=N–C) groups is 1. The molecule has 0 aliphatic heterocycles. The number of carbonyl (C=O) groups is 2. The zero-order chi connectivity index (χ0) is 15.0. The summed E-state index contributed by atoms with van der Waals surface area (Å²) in [6.45, 7) is 8.90. The van der Waals surface area contributed by atoms with E-state index in [9.17, 15) is 9.59 Å². The summed E-state index contributed by atoms with van der Waals surface area (Å²) in [5.41, 5.74) is 5.21. The molecule has 3 N–H and O–H groups in total. The third-order valence-corrected chi connectivity index (χ3v) is 1.41. The van der Waals surface area contributed by atoms with Crippen molar-refractivity contribution in [2.24, 2.45) is 10.7 Å². The van der Waals surface area contributed by atoms with Crippen LogP contribution >= 0.6 is 0 Å². The highest BCUT2D eigenvalue weighted by Crippen LogP contribution is 2.01. The molecule has 0 aliphatic rings. The summed E-state index contributed by atoms with van der Waals surface area (Å²) in [6.07, 6.45) is 3.22. The third kappa shape index (κ3) is 37.1. The van der Waals surface area contributed by atoms with Crippen LogP contribution in [0.2, 0.25) is 0 Å². The standard InChI is InChI=1S/C7H10O2.C3H7N.C2H5NO2/c1-3-6(2)4-5-7(8)9;1-3-4-2;1-5-2(3)4/h3H,1-2,4-5H2,(H,8,9);3H,1-2H3;1H3,(H2,3,4). The number of amides is 1. The van der Waals surface area contributed by atoms with Gasteiger partial charge in [0, 0.05) is 13.5 Å². The Bertz CT molecular complexity index is 282. The van der Waals surface area contributed by atoms with E-state index in [2.05, 4.69) is 28.6 Å². The van der Waals surface area contributed by atoms with Gasteiger partial charge >= 0.3 is 12.1 Å². The summed E-state index contributed by atoms with van der Waals surface area (Å²) in [5, 5.41) is 8.18. The zero-order valence-corrected chi connectivity index (χ0v) is 11.2. The van der Waals surface area contributed by atoms with Gasteiger partial charge in [0.1, 0.15) is 0 Å². The molecule has 0 spiro atoms. The Hall–Kier alpha value is -2.11. The lowest BCUT2D eigenvalue weighted by Gasteiger charge is -1.92. The lowest BCUT2D eigenvalue weighted by molar-refractivity contribution is -0.136. The van der Waals surface area contributed by atoms with Crippen molar-refractivity contribution in [1.82, 2.24) is 0 Å². The number of carbonyl (C=O) groups excluding carboxylic acids is 1. The molecular formula is C12H22N2O4. The van der Waals surface area contributed by atoms with Gasteiger partial charge in [-0.3, -0.25) is 4.79 Å². The summed E-state index contributed by atoms with van der Waals surface area (Å²) in [5.74, 6) is -0.794. The topological polar surface area (TPSA) is 102 Å². The maximum absolute atomic E-state index is 9.94. The van der Waals surface area contributed by atoms with Crippen LogP contribution in [0.5, 0.6) is 0 Å². The number of aliphatic carboxylic acids is 1. The van der Waals surface area contributed by atoms with Crippen molar-refractivity contribution in [3.8, 4) is 0 Å². The Morgan fingerprint density at radius 3 is 2.00 bits per heavy atom. The van der Waals surface area contributed by atoms with E-state index in [1.165, 1.54) is 7.11 Å². The first kappa shape index (κ1) is 21.2. The highest BCUT2D eigenvalue weighted by Gasteiger charge is 1.95. The summed E-state index contributed by atoms with van der Waals surface area (Å²) in [6, 6.07) is 0. The SMILES string of the molecule is C=CC(=C)CCC(=O)O.CC=NC.COC(N)=O. The molecule has 0 aromatic heterocycles. The predicted octanol–water partition coefficient (Wildman–Crippen LogP) is 2.01. The molecule has 0 rings (SSSR count). The minimum atomic E-state index is -0.794. The van der Waals surface area contributed by atoms with Crippen molar-refractivity contribution in [2.75, 3.05) is 14.2 Å².